The molecule has 33 heavy (non-hydrogen) atoms. The Kier molecular flexibility index (Phi) is 6.05. The van der Waals surface area contributed by atoms with Gasteiger partial charge < -0.3 is 4.74 Å². The van der Waals surface area contributed by atoms with E-state index < -0.39 is 27.4 Å². The molecule has 0 radical (unpaired) electrons. The fourth-order valence-corrected chi connectivity index (χ4v) is 4.33. The first-order valence-corrected chi connectivity index (χ1v) is 11.4. The third-order valence-electron chi connectivity index (χ3n) is 4.56. The zero-order valence-corrected chi connectivity index (χ0v) is 18.5. The van der Waals surface area contributed by atoms with Crippen LogP contribution >= 0.6 is 0 Å². The summed E-state index contributed by atoms with van der Waals surface area (Å²) in [6, 6.07) is 14.0. The monoisotopic (exact) mass is 471 g/mol. The van der Waals surface area contributed by atoms with Gasteiger partial charge in [0.15, 0.2) is 5.82 Å². The Labute approximate surface area is 188 Å². The predicted molar refractivity (Wildman–Crippen MR) is 118 cm³/mol. The lowest BCUT2D eigenvalue weighted by atomic mass is 10.2. The average Bonchev–Trinajstić information content (AvgIpc) is 3.10. The number of nitrogens with zero attached hydrogens (tertiary/aromatic N) is 4. The number of sulfonamides is 1. The highest BCUT2D eigenvalue weighted by molar-refractivity contribution is 7.91. The fourth-order valence-electron chi connectivity index (χ4n) is 3.13. The molecule has 8 nitrogen and oxygen atoms in total. The number of nitrogens with one attached hydrogen (secondary N) is 1. The van der Waals surface area contributed by atoms with Gasteiger partial charge in [0.2, 0.25) is 15.9 Å². The third-order valence-corrected chi connectivity index (χ3v) is 5.79. The molecule has 0 bridgehead atoms. The summed E-state index contributed by atoms with van der Waals surface area (Å²) < 4.78 is 61.3. The normalized spacial score (nSPS) is 11.4. The van der Waals surface area contributed by atoms with Crippen LogP contribution in [-0.2, 0) is 15.8 Å². The third kappa shape index (κ3) is 5.50. The Morgan fingerprint density at radius 1 is 0.970 bits per heavy atom. The van der Waals surface area contributed by atoms with Gasteiger partial charge in [-0.15, -0.1) is 10.2 Å². The standard InChI is InChI=1S/C22H19F2N5O3S/c1-14-11-15(2)29(27-14)21-9-10-22(26-25-21)32-19-6-4-18(5-7-19)28-33(30,31)13-16-12-17(23)3-8-20(16)24/h3-12,28H,13H2,1-2H3. The molecule has 0 fully saturated rings. The number of aromatic nitrogens is 4. The number of hydrogen-bond donors (Lipinski definition) is 1. The van der Waals surface area contributed by atoms with Crippen molar-refractivity contribution in [1.29, 1.82) is 0 Å². The van der Waals surface area contributed by atoms with Crippen molar-refractivity contribution in [3.05, 3.63) is 89.2 Å². The van der Waals surface area contributed by atoms with E-state index in [4.69, 9.17) is 4.74 Å². The average molecular weight is 471 g/mol. The summed E-state index contributed by atoms with van der Waals surface area (Å²) in [7, 11) is -3.96. The molecule has 2 aromatic carbocycles. The molecule has 2 aromatic heterocycles. The highest BCUT2D eigenvalue weighted by atomic mass is 32.2. The van der Waals surface area contributed by atoms with Crippen LogP contribution in [0.5, 0.6) is 11.6 Å². The summed E-state index contributed by atoms with van der Waals surface area (Å²) in [5, 5.41) is 12.5. The number of anilines is 1. The topological polar surface area (TPSA) is 99.0 Å². The summed E-state index contributed by atoms with van der Waals surface area (Å²) in [5.41, 5.74) is 1.77. The van der Waals surface area contributed by atoms with Gasteiger partial charge in [0.05, 0.1) is 11.4 Å². The van der Waals surface area contributed by atoms with Gasteiger partial charge in [-0.2, -0.15) is 5.10 Å². The zero-order valence-electron chi connectivity index (χ0n) is 17.7. The first-order chi connectivity index (χ1) is 15.7. The van der Waals surface area contributed by atoms with Crippen LogP contribution in [0, 0.1) is 25.5 Å². The van der Waals surface area contributed by atoms with Crippen molar-refractivity contribution in [2.45, 2.75) is 19.6 Å². The van der Waals surface area contributed by atoms with Crippen molar-refractivity contribution in [3.8, 4) is 17.4 Å². The Morgan fingerprint density at radius 3 is 2.36 bits per heavy atom. The summed E-state index contributed by atoms with van der Waals surface area (Å²) >= 11 is 0. The Hall–Kier alpha value is -3.86. The largest absolute Gasteiger partial charge is 0.438 e. The van der Waals surface area contributed by atoms with E-state index in [9.17, 15) is 17.2 Å². The molecule has 11 heteroatoms. The van der Waals surface area contributed by atoms with Gasteiger partial charge in [0.25, 0.3) is 0 Å². The summed E-state index contributed by atoms with van der Waals surface area (Å²) in [5.74, 6) is -1.01. The lowest BCUT2D eigenvalue weighted by molar-refractivity contribution is 0.454. The molecule has 0 aliphatic heterocycles. The molecule has 0 saturated heterocycles. The van der Waals surface area contributed by atoms with Crippen molar-refractivity contribution >= 4 is 15.7 Å². The highest BCUT2D eigenvalue weighted by Crippen LogP contribution is 2.23. The molecule has 4 aromatic rings. The van der Waals surface area contributed by atoms with E-state index in [1.54, 1.807) is 16.8 Å². The van der Waals surface area contributed by atoms with Gasteiger partial charge in [-0.05, 0) is 68.4 Å². The van der Waals surface area contributed by atoms with E-state index in [1.807, 2.05) is 19.9 Å². The zero-order chi connectivity index (χ0) is 23.6. The molecule has 1 N–H and O–H groups in total. The van der Waals surface area contributed by atoms with Crippen LogP contribution in [0.25, 0.3) is 5.82 Å². The number of benzene rings is 2. The van der Waals surface area contributed by atoms with E-state index in [-0.39, 0.29) is 17.1 Å². The van der Waals surface area contributed by atoms with Crippen molar-refractivity contribution in [2.24, 2.45) is 0 Å². The van der Waals surface area contributed by atoms with Gasteiger partial charge >= 0.3 is 0 Å². The summed E-state index contributed by atoms with van der Waals surface area (Å²) in [6.45, 7) is 3.80. The van der Waals surface area contributed by atoms with Crippen molar-refractivity contribution in [3.63, 3.8) is 0 Å². The van der Waals surface area contributed by atoms with Crippen LogP contribution < -0.4 is 9.46 Å². The molecule has 2 heterocycles. The highest BCUT2D eigenvalue weighted by Gasteiger charge is 2.16. The van der Waals surface area contributed by atoms with E-state index in [0.29, 0.717) is 11.6 Å². The van der Waals surface area contributed by atoms with Crippen LogP contribution in [0.15, 0.2) is 60.7 Å². The summed E-state index contributed by atoms with van der Waals surface area (Å²) in [6.07, 6.45) is 0. The Morgan fingerprint density at radius 2 is 1.73 bits per heavy atom. The first-order valence-electron chi connectivity index (χ1n) is 9.78. The van der Waals surface area contributed by atoms with Crippen molar-refractivity contribution in [2.75, 3.05) is 4.72 Å². The maximum atomic E-state index is 13.7. The van der Waals surface area contributed by atoms with E-state index in [1.165, 1.54) is 24.3 Å². The number of rotatable bonds is 7. The van der Waals surface area contributed by atoms with Crippen LogP contribution in [0.2, 0.25) is 0 Å². The molecule has 170 valence electrons. The van der Waals surface area contributed by atoms with Crippen LogP contribution in [0.4, 0.5) is 14.5 Å². The second kappa shape index (κ2) is 8.94. The molecule has 0 amide bonds. The molecule has 4 rings (SSSR count). The Balaban J connectivity index is 1.41. The number of halogens is 2. The smallest absolute Gasteiger partial charge is 0.238 e. The molecule has 0 unspecified atom stereocenters. The molecule has 0 aliphatic carbocycles. The summed E-state index contributed by atoms with van der Waals surface area (Å²) in [4.78, 5) is 0. The second-order valence-electron chi connectivity index (χ2n) is 7.29. The number of ether oxygens (including phenoxy) is 1. The van der Waals surface area contributed by atoms with Crippen molar-refractivity contribution in [1.82, 2.24) is 20.0 Å². The fraction of sp³-hybridized carbons (Fsp3) is 0.136. The molecular weight excluding hydrogens is 452 g/mol. The minimum atomic E-state index is -3.96. The van der Waals surface area contributed by atoms with Gasteiger partial charge in [-0.3, -0.25) is 4.72 Å². The first kappa shape index (κ1) is 22.3. The van der Waals surface area contributed by atoms with Gasteiger partial charge in [0.1, 0.15) is 17.4 Å². The number of aryl methyl sites for hydroxylation is 2. The van der Waals surface area contributed by atoms with Crippen LogP contribution in [0.1, 0.15) is 17.0 Å². The molecule has 0 atom stereocenters. The number of hydrogen-bond acceptors (Lipinski definition) is 6. The van der Waals surface area contributed by atoms with Crippen molar-refractivity contribution < 1.29 is 21.9 Å². The Bertz CT molecular complexity index is 1390. The van der Waals surface area contributed by atoms with E-state index in [0.717, 1.165) is 29.6 Å². The van der Waals surface area contributed by atoms with Crippen LogP contribution in [0.3, 0.4) is 0 Å². The van der Waals surface area contributed by atoms with E-state index in [2.05, 4.69) is 20.0 Å². The molecule has 0 spiro atoms. The van der Waals surface area contributed by atoms with Gasteiger partial charge in [-0.25, -0.2) is 21.9 Å². The van der Waals surface area contributed by atoms with E-state index >= 15 is 0 Å². The predicted octanol–water partition coefficient (Wildman–Crippen LogP) is 4.29. The minimum absolute atomic E-state index is 0.241. The molecular formula is C22H19F2N5O3S. The van der Waals surface area contributed by atoms with Gasteiger partial charge in [-0.1, -0.05) is 0 Å². The quantitative estimate of drug-likeness (QED) is 0.432. The lowest BCUT2D eigenvalue weighted by Gasteiger charge is -2.10. The molecule has 0 saturated carbocycles. The maximum Gasteiger partial charge on any atom is 0.238 e. The molecule has 0 aliphatic rings. The van der Waals surface area contributed by atoms with Gasteiger partial charge in [0, 0.05) is 23.0 Å². The second-order valence-corrected chi connectivity index (χ2v) is 9.01. The lowest BCUT2D eigenvalue weighted by Crippen LogP contribution is -2.16. The minimum Gasteiger partial charge on any atom is -0.438 e. The SMILES string of the molecule is Cc1cc(C)n(-c2ccc(Oc3ccc(NS(=O)(=O)Cc4cc(F)ccc4F)cc3)nn2)n1. The maximum absolute atomic E-state index is 13.7. The van der Waals surface area contributed by atoms with Crippen LogP contribution in [-0.4, -0.2) is 28.4 Å².